The molecule has 1 aromatic carbocycles. The molecule has 0 amide bonds. The van der Waals surface area contributed by atoms with E-state index in [4.69, 9.17) is 35.4 Å². The molecule has 37 heavy (non-hydrogen) atoms. The second kappa shape index (κ2) is 9.89. The maximum atomic E-state index is 5.74. The highest BCUT2D eigenvalue weighted by atomic mass is 16.5. The Kier molecular flexibility index (Phi) is 6.29. The standard InChI is InChI=1S/C26H32N10O/c1-3-20-30-18-10-6-7-11-19(18)36(20)26-32-23-21(24(33-26)35-12-14-37-15-13-35)31-25(34(23)2)22(28-16-27)29-17-8-4-5-9-17/h6-7,10-11,16-17H,3-5,8-9,12-15H2,1-2H3,(H2,27,28,29). The number of aromatic nitrogens is 6. The molecule has 1 aliphatic heterocycles. The first-order valence-corrected chi connectivity index (χ1v) is 13.0. The van der Waals surface area contributed by atoms with E-state index in [-0.39, 0.29) is 6.04 Å². The average molecular weight is 501 g/mol. The number of hydrogen-bond donors (Lipinski definition) is 1. The molecule has 4 heterocycles. The van der Waals surface area contributed by atoms with E-state index in [1.54, 1.807) is 0 Å². The molecule has 11 nitrogen and oxygen atoms in total. The van der Waals surface area contributed by atoms with Crippen LogP contribution in [0.25, 0.3) is 28.1 Å². The average Bonchev–Trinajstić information content (AvgIpc) is 3.66. The first-order chi connectivity index (χ1) is 18.2. The van der Waals surface area contributed by atoms with Crippen LogP contribution in [0.5, 0.6) is 0 Å². The third-order valence-electron chi connectivity index (χ3n) is 7.17. The molecule has 2 N–H and O–H groups in total. The van der Waals surface area contributed by atoms with Crippen LogP contribution >= 0.6 is 0 Å². The normalized spacial score (nSPS) is 17.7. The number of para-hydroxylation sites is 2. The predicted molar refractivity (Wildman–Crippen MR) is 145 cm³/mol. The highest BCUT2D eigenvalue weighted by Crippen LogP contribution is 2.29. The lowest BCUT2D eigenvalue weighted by Gasteiger charge is -2.28. The number of morpholine rings is 1. The summed E-state index contributed by atoms with van der Waals surface area (Å²) in [5.41, 5.74) is 9.07. The maximum absolute atomic E-state index is 5.74. The van der Waals surface area contributed by atoms with Crippen molar-refractivity contribution in [3.05, 3.63) is 35.9 Å². The van der Waals surface area contributed by atoms with Crippen LogP contribution in [0.1, 0.15) is 44.3 Å². The van der Waals surface area contributed by atoms with Crippen LogP contribution in [-0.4, -0.2) is 73.6 Å². The molecule has 1 saturated carbocycles. The fourth-order valence-corrected chi connectivity index (χ4v) is 5.29. The van der Waals surface area contributed by atoms with Gasteiger partial charge in [-0.15, -0.1) is 0 Å². The van der Waals surface area contributed by atoms with Gasteiger partial charge in [0.2, 0.25) is 5.95 Å². The number of ether oxygens (including phenoxy) is 1. The molecule has 1 aliphatic carbocycles. The maximum Gasteiger partial charge on any atom is 0.239 e. The number of nitrogens with zero attached hydrogens (tertiary/aromatic N) is 9. The van der Waals surface area contributed by atoms with Gasteiger partial charge in [-0.2, -0.15) is 9.97 Å². The third kappa shape index (κ3) is 4.22. The Morgan fingerprint density at radius 3 is 2.65 bits per heavy atom. The van der Waals surface area contributed by atoms with Crippen LogP contribution < -0.4 is 10.6 Å². The Morgan fingerprint density at radius 2 is 1.89 bits per heavy atom. The number of rotatable bonds is 5. The van der Waals surface area contributed by atoms with E-state index in [0.717, 1.165) is 60.5 Å². The van der Waals surface area contributed by atoms with Crippen molar-refractivity contribution in [3.8, 4) is 5.95 Å². The molecule has 1 saturated heterocycles. The molecule has 192 valence electrons. The molecule has 2 aliphatic rings. The molecule has 2 fully saturated rings. The van der Waals surface area contributed by atoms with Gasteiger partial charge in [-0.25, -0.2) is 15.0 Å². The van der Waals surface area contributed by atoms with Crippen molar-refractivity contribution in [2.45, 2.75) is 45.1 Å². The summed E-state index contributed by atoms with van der Waals surface area (Å²) >= 11 is 0. The van der Waals surface area contributed by atoms with Crippen molar-refractivity contribution in [2.24, 2.45) is 22.8 Å². The predicted octanol–water partition coefficient (Wildman–Crippen LogP) is 2.78. The monoisotopic (exact) mass is 500 g/mol. The SMILES string of the molecule is CCc1nc2ccccc2n1-c1nc(N2CCOCC2)c2nc(C(N=CN)=NC3CCCC3)n(C)c2n1. The van der Waals surface area contributed by atoms with Crippen LogP contribution in [0, 0.1) is 0 Å². The molecule has 6 rings (SSSR count). The molecule has 0 unspecified atom stereocenters. The van der Waals surface area contributed by atoms with Crippen LogP contribution in [0.4, 0.5) is 5.82 Å². The topological polar surface area (TPSA) is 125 Å². The van der Waals surface area contributed by atoms with E-state index in [9.17, 15) is 0 Å². The molecule has 0 spiro atoms. The van der Waals surface area contributed by atoms with Crippen molar-refractivity contribution < 1.29 is 4.74 Å². The summed E-state index contributed by atoms with van der Waals surface area (Å²) in [6.07, 6.45) is 6.53. The van der Waals surface area contributed by atoms with Crippen molar-refractivity contribution in [1.82, 2.24) is 29.1 Å². The van der Waals surface area contributed by atoms with Crippen molar-refractivity contribution in [1.29, 1.82) is 0 Å². The minimum atomic E-state index is 0.239. The lowest BCUT2D eigenvalue weighted by Crippen LogP contribution is -2.37. The van der Waals surface area contributed by atoms with Gasteiger partial charge in [-0.1, -0.05) is 31.9 Å². The molecule has 0 atom stereocenters. The molecule has 11 heteroatoms. The Bertz CT molecular complexity index is 1490. The summed E-state index contributed by atoms with van der Waals surface area (Å²) in [5.74, 6) is 3.43. The molecule has 0 bridgehead atoms. The zero-order chi connectivity index (χ0) is 25.4. The van der Waals surface area contributed by atoms with Crippen molar-refractivity contribution in [3.63, 3.8) is 0 Å². The number of aryl methyl sites for hydroxylation is 2. The van der Waals surface area contributed by atoms with Crippen LogP contribution in [0.15, 0.2) is 34.3 Å². The van der Waals surface area contributed by atoms with Crippen LogP contribution in [0.2, 0.25) is 0 Å². The number of hydrogen-bond acceptors (Lipinski definition) is 7. The molecular weight excluding hydrogens is 468 g/mol. The van der Waals surface area contributed by atoms with E-state index in [2.05, 4.69) is 27.4 Å². The fraction of sp³-hybridized carbons (Fsp3) is 0.462. The van der Waals surface area contributed by atoms with Gasteiger partial charge in [0.1, 0.15) is 5.82 Å². The molecule has 0 radical (unpaired) electrons. The van der Waals surface area contributed by atoms with E-state index >= 15 is 0 Å². The summed E-state index contributed by atoms with van der Waals surface area (Å²) in [6.45, 7) is 4.83. The second-order valence-electron chi connectivity index (χ2n) is 9.49. The summed E-state index contributed by atoms with van der Waals surface area (Å²) in [5, 5.41) is 0. The van der Waals surface area contributed by atoms with E-state index in [1.165, 1.54) is 19.2 Å². The number of benzene rings is 1. The van der Waals surface area contributed by atoms with Gasteiger partial charge in [0.25, 0.3) is 0 Å². The second-order valence-corrected chi connectivity index (χ2v) is 9.49. The first-order valence-electron chi connectivity index (χ1n) is 13.0. The number of aliphatic imine (C=N–C) groups is 2. The van der Waals surface area contributed by atoms with Gasteiger partial charge in [-0.3, -0.25) is 9.56 Å². The van der Waals surface area contributed by atoms with Crippen molar-refractivity contribution >= 4 is 40.2 Å². The highest BCUT2D eigenvalue weighted by molar-refractivity contribution is 6.03. The highest BCUT2D eigenvalue weighted by Gasteiger charge is 2.26. The number of amidine groups is 1. The minimum Gasteiger partial charge on any atom is -0.390 e. The molecule has 3 aromatic heterocycles. The van der Waals surface area contributed by atoms with Gasteiger partial charge in [0.05, 0.1) is 36.6 Å². The van der Waals surface area contributed by atoms with Gasteiger partial charge < -0.3 is 19.9 Å². The largest absolute Gasteiger partial charge is 0.390 e. The number of fused-ring (bicyclic) bond motifs is 2. The van der Waals surface area contributed by atoms with Gasteiger partial charge in [0, 0.05) is 26.6 Å². The van der Waals surface area contributed by atoms with Crippen LogP contribution in [0.3, 0.4) is 0 Å². The fourth-order valence-electron chi connectivity index (χ4n) is 5.29. The summed E-state index contributed by atoms with van der Waals surface area (Å²) in [4.78, 5) is 31.6. The number of nitrogens with two attached hydrogens (primary N) is 1. The minimum absolute atomic E-state index is 0.239. The zero-order valence-corrected chi connectivity index (χ0v) is 21.3. The smallest absolute Gasteiger partial charge is 0.239 e. The Hall–Kier alpha value is -3.86. The molecule has 4 aromatic rings. The van der Waals surface area contributed by atoms with Gasteiger partial charge in [0.15, 0.2) is 28.6 Å². The van der Waals surface area contributed by atoms with Crippen LogP contribution in [-0.2, 0) is 18.2 Å². The zero-order valence-electron chi connectivity index (χ0n) is 21.3. The number of imidazole rings is 2. The first kappa shape index (κ1) is 23.5. The van der Waals surface area contributed by atoms with Crippen molar-refractivity contribution in [2.75, 3.05) is 31.2 Å². The van der Waals surface area contributed by atoms with Gasteiger partial charge >= 0.3 is 0 Å². The third-order valence-corrected chi connectivity index (χ3v) is 7.17. The Labute approximate surface area is 215 Å². The van der Waals surface area contributed by atoms with E-state index in [1.807, 2.05) is 29.8 Å². The Balaban J connectivity index is 1.58. The number of anilines is 1. The van der Waals surface area contributed by atoms with E-state index < -0.39 is 0 Å². The lowest BCUT2D eigenvalue weighted by molar-refractivity contribution is 0.122. The summed E-state index contributed by atoms with van der Waals surface area (Å²) in [7, 11) is 1.95. The van der Waals surface area contributed by atoms with Gasteiger partial charge in [-0.05, 0) is 25.0 Å². The molecular formula is C26H32N10O. The van der Waals surface area contributed by atoms with E-state index in [0.29, 0.717) is 36.5 Å². The summed E-state index contributed by atoms with van der Waals surface area (Å²) in [6, 6.07) is 8.33. The Morgan fingerprint density at radius 1 is 1.11 bits per heavy atom. The lowest BCUT2D eigenvalue weighted by atomic mass is 10.3. The summed E-state index contributed by atoms with van der Waals surface area (Å²) < 4.78 is 9.63. The quantitative estimate of drug-likeness (QED) is 0.330.